The first-order valence-electron chi connectivity index (χ1n) is 8.82. The Balaban J connectivity index is 1.54. The number of nitrogens with two attached hydrogens (primary N) is 1. The normalized spacial score (nSPS) is 19.3. The van der Waals surface area contributed by atoms with Crippen LogP contribution in [0.1, 0.15) is 25.7 Å². The number of ether oxygens (including phenoxy) is 1. The van der Waals surface area contributed by atoms with E-state index in [4.69, 9.17) is 9.88 Å². The molecule has 1 aromatic carbocycles. The second-order valence-corrected chi connectivity index (χ2v) is 8.36. The third-order valence-electron chi connectivity index (χ3n) is 5.15. The number of hydrogen-bond acceptors (Lipinski definition) is 6. The van der Waals surface area contributed by atoms with E-state index < -0.39 is 10.2 Å². The number of anilines is 1. The fourth-order valence-corrected chi connectivity index (χ4v) is 5.03. The van der Waals surface area contributed by atoms with E-state index in [1.807, 2.05) is 18.2 Å². The van der Waals surface area contributed by atoms with E-state index >= 15 is 0 Å². The monoisotopic (exact) mass is 377 g/mol. The Morgan fingerprint density at radius 1 is 1.15 bits per heavy atom. The van der Waals surface area contributed by atoms with Crippen molar-refractivity contribution in [1.82, 2.24) is 14.3 Å². The van der Waals surface area contributed by atoms with Gasteiger partial charge in [0.25, 0.3) is 10.2 Å². The molecule has 0 bridgehead atoms. The van der Waals surface area contributed by atoms with Gasteiger partial charge < -0.3 is 9.64 Å². The third-order valence-corrected chi connectivity index (χ3v) is 6.33. The van der Waals surface area contributed by atoms with Crippen molar-refractivity contribution in [3.8, 4) is 5.75 Å². The Hall–Kier alpha value is -1.97. The summed E-state index contributed by atoms with van der Waals surface area (Å²) in [4.78, 5) is 11.0. The first kappa shape index (κ1) is 17.4. The van der Waals surface area contributed by atoms with E-state index in [0.29, 0.717) is 0 Å². The topological polar surface area (TPSA) is 102 Å². The summed E-state index contributed by atoms with van der Waals surface area (Å²) in [5, 5.41) is 6.42. The van der Waals surface area contributed by atoms with Crippen LogP contribution in [0.3, 0.4) is 0 Å². The lowest BCUT2D eigenvalue weighted by Gasteiger charge is -2.37. The molecule has 0 amide bonds. The summed E-state index contributed by atoms with van der Waals surface area (Å²) in [6.45, 7) is 1.48. The van der Waals surface area contributed by atoms with Gasteiger partial charge in [-0.05, 0) is 37.8 Å². The predicted octanol–water partition coefficient (Wildman–Crippen LogP) is 1.28. The van der Waals surface area contributed by atoms with Gasteiger partial charge in [-0.2, -0.15) is 12.7 Å². The Morgan fingerprint density at radius 3 is 2.46 bits per heavy atom. The summed E-state index contributed by atoms with van der Waals surface area (Å²) in [5.41, 5.74) is 0.834. The van der Waals surface area contributed by atoms with Gasteiger partial charge in [0, 0.05) is 36.6 Å². The SMILES string of the molecule is COc1ccc2c(N3CCC(N(C4CC4)S(N)(=O)=O)CC3)ncnc2c1. The maximum atomic E-state index is 12.0. The van der Waals surface area contributed by atoms with Crippen LogP contribution >= 0.6 is 0 Å². The standard InChI is InChI=1S/C17H23N5O3S/c1-25-14-4-5-15-16(10-14)19-11-20-17(15)21-8-6-13(7-9-21)22(12-2-3-12)26(18,23)24/h4-5,10-13H,2-3,6-9H2,1H3,(H2,18,23,24). The number of hydrogen-bond donors (Lipinski definition) is 1. The van der Waals surface area contributed by atoms with Crippen molar-refractivity contribution < 1.29 is 13.2 Å². The molecule has 26 heavy (non-hydrogen) atoms. The highest BCUT2D eigenvalue weighted by molar-refractivity contribution is 7.86. The molecule has 1 saturated heterocycles. The second kappa shape index (κ2) is 6.64. The number of aromatic nitrogens is 2. The molecule has 1 aromatic heterocycles. The molecule has 2 heterocycles. The van der Waals surface area contributed by atoms with E-state index in [0.717, 1.165) is 61.2 Å². The highest BCUT2D eigenvalue weighted by Gasteiger charge is 2.41. The zero-order chi connectivity index (χ0) is 18.3. The van der Waals surface area contributed by atoms with E-state index in [2.05, 4.69) is 14.9 Å². The van der Waals surface area contributed by atoms with Crippen molar-refractivity contribution in [3.63, 3.8) is 0 Å². The summed E-state index contributed by atoms with van der Waals surface area (Å²) < 4.78 is 30.7. The summed E-state index contributed by atoms with van der Waals surface area (Å²) >= 11 is 0. The Labute approximate surface area is 153 Å². The first-order chi connectivity index (χ1) is 12.5. The molecular formula is C17H23N5O3S. The average molecular weight is 377 g/mol. The van der Waals surface area contributed by atoms with Crippen LogP contribution in [-0.2, 0) is 10.2 Å². The minimum absolute atomic E-state index is 0.0260. The summed E-state index contributed by atoms with van der Waals surface area (Å²) in [6.07, 6.45) is 4.87. The Morgan fingerprint density at radius 2 is 1.85 bits per heavy atom. The maximum Gasteiger partial charge on any atom is 0.277 e. The molecular weight excluding hydrogens is 354 g/mol. The van der Waals surface area contributed by atoms with Crippen LogP contribution in [0.5, 0.6) is 5.75 Å². The van der Waals surface area contributed by atoms with Gasteiger partial charge in [-0.3, -0.25) is 0 Å². The van der Waals surface area contributed by atoms with Crippen LogP contribution in [0.15, 0.2) is 24.5 Å². The van der Waals surface area contributed by atoms with Crippen molar-refractivity contribution in [1.29, 1.82) is 0 Å². The number of benzene rings is 1. The molecule has 4 rings (SSSR count). The van der Waals surface area contributed by atoms with Gasteiger partial charge in [0.1, 0.15) is 17.9 Å². The third kappa shape index (κ3) is 3.34. The summed E-state index contributed by atoms with van der Waals surface area (Å²) in [6, 6.07) is 5.83. The second-order valence-electron chi connectivity index (χ2n) is 6.90. The molecule has 1 saturated carbocycles. The van der Waals surface area contributed by atoms with Crippen molar-refractivity contribution in [2.75, 3.05) is 25.1 Å². The average Bonchev–Trinajstić information content (AvgIpc) is 3.45. The number of rotatable bonds is 5. The van der Waals surface area contributed by atoms with Crippen molar-refractivity contribution >= 4 is 26.9 Å². The largest absolute Gasteiger partial charge is 0.497 e. The zero-order valence-corrected chi connectivity index (χ0v) is 15.5. The van der Waals surface area contributed by atoms with Crippen molar-refractivity contribution in [2.45, 2.75) is 37.8 Å². The molecule has 8 nitrogen and oxygen atoms in total. The van der Waals surface area contributed by atoms with E-state index in [1.165, 1.54) is 4.31 Å². The molecule has 2 N–H and O–H groups in total. The van der Waals surface area contributed by atoms with Gasteiger partial charge in [0.2, 0.25) is 0 Å². The van der Waals surface area contributed by atoms with Crippen molar-refractivity contribution in [3.05, 3.63) is 24.5 Å². The molecule has 2 fully saturated rings. The van der Waals surface area contributed by atoms with Crippen LogP contribution < -0.4 is 14.8 Å². The van der Waals surface area contributed by atoms with Gasteiger partial charge >= 0.3 is 0 Å². The fraction of sp³-hybridized carbons (Fsp3) is 0.529. The number of fused-ring (bicyclic) bond motifs is 1. The van der Waals surface area contributed by atoms with Crippen LogP contribution in [0.25, 0.3) is 10.9 Å². The van der Waals surface area contributed by atoms with Crippen LogP contribution in [0.2, 0.25) is 0 Å². The highest BCUT2D eigenvalue weighted by atomic mass is 32.2. The van der Waals surface area contributed by atoms with E-state index in [9.17, 15) is 8.42 Å². The van der Waals surface area contributed by atoms with E-state index in [1.54, 1.807) is 13.4 Å². The molecule has 1 aliphatic heterocycles. The van der Waals surface area contributed by atoms with Gasteiger partial charge in [0.15, 0.2) is 0 Å². The Kier molecular flexibility index (Phi) is 4.45. The maximum absolute atomic E-state index is 12.0. The zero-order valence-electron chi connectivity index (χ0n) is 14.7. The van der Waals surface area contributed by atoms with Crippen LogP contribution in [0, 0.1) is 0 Å². The molecule has 0 unspecified atom stereocenters. The number of nitrogens with zero attached hydrogens (tertiary/aromatic N) is 4. The Bertz CT molecular complexity index is 908. The van der Waals surface area contributed by atoms with E-state index in [-0.39, 0.29) is 12.1 Å². The quantitative estimate of drug-likeness (QED) is 0.842. The molecule has 0 spiro atoms. The van der Waals surface area contributed by atoms with Gasteiger partial charge in [-0.1, -0.05) is 0 Å². The number of methoxy groups -OCH3 is 1. The lowest BCUT2D eigenvalue weighted by Crippen LogP contribution is -2.50. The van der Waals surface area contributed by atoms with Gasteiger partial charge in [0.05, 0.1) is 12.6 Å². The lowest BCUT2D eigenvalue weighted by atomic mass is 10.0. The molecule has 2 aliphatic rings. The molecule has 0 radical (unpaired) electrons. The highest BCUT2D eigenvalue weighted by Crippen LogP contribution is 2.34. The van der Waals surface area contributed by atoms with Crippen molar-refractivity contribution in [2.24, 2.45) is 5.14 Å². The molecule has 9 heteroatoms. The minimum Gasteiger partial charge on any atom is -0.497 e. The number of piperidine rings is 1. The summed E-state index contributed by atoms with van der Waals surface area (Å²) in [5.74, 6) is 1.64. The predicted molar refractivity (Wildman–Crippen MR) is 99.3 cm³/mol. The lowest BCUT2D eigenvalue weighted by molar-refractivity contribution is 0.267. The van der Waals surface area contributed by atoms with Gasteiger partial charge in [-0.25, -0.2) is 15.1 Å². The van der Waals surface area contributed by atoms with Gasteiger partial charge in [-0.15, -0.1) is 0 Å². The molecule has 2 aromatic rings. The minimum atomic E-state index is -3.65. The molecule has 140 valence electrons. The fourth-order valence-electron chi connectivity index (χ4n) is 3.78. The summed E-state index contributed by atoms with van der Waals surface area (Å²) in [7, 11) is -2.02. The molecule has 0 atom stereocenters. The van der Waals surface area contributed by atoms with Crippen LogP contribution in [0.4, 0.5) is 5.82 Å². The smallest absolute Gasteiger partial charge is 0.277 e. The van der Waals surface area contributed by atoms with Crippen LogP contribution in [-0.4, -0.2) is 55.0 Å². The molecule has 1 aliphatic carbocycles. The first-order valence-corrected chi connectivity index (χ1v) is 10.3.